The monoisotopic (exact) mass is 447 g/mol. The van der Waals surface area contributed by atoms with Crippen molar-refractivity contribution in [2.75, 3.05) is 24.6 Å². The molecule has 2 heterocycles. The number of aromatic nitrogens is 1. The minimum atomic E-state index is -0.259. The number of halogens is 1. The van der Waals surface area contributed by atoms with E-state index < -0.39 is 0 Å². The Morgan fingerprint density at radius 2 is 1.97 bits per heavy atom. The van der Waals surface area contributed by atoms with Crippen molar-refractivity contribution < 1.29 is 9.18 Å². The number of nitrogen functional groups attached to an aromatic ring is 1. The fraction of sp³-hybridized carbons (Fsp3) is 0.192. The quantitative estimate of drug-likeness (QED) is 0.578. The third kappa shape index (κ3) is 6.57. The number of nitrogens with one attached hydrogen (secondary N) is 1. The van der Waals surface area contributed by atoms with E-state index >= 15 is 0 Å². The van der Waals surface area contributed by atoms with Gasteiger partial charge in [-0.2, -0.15) is 0 Å². The summed E-state index contributed by atoms with van der Waals surface area (Å²) in [5.41, 5.74) is 14.3. The number of rotatable bonds is 6. The number of nitrogens with zero attached hydrogens (tertiary/aromatic N) is 2. The van der Waals surface area contributed by atoms with Crippen LogP contribution in [0.15, 0.2) is 83.9 Å². The molecular formula is C26H30FN5O. The first-order valence-electron chi connectivity index (χ1n) is 10.5. The number of aliphatic imine (C=N–C) groups is 1. The normalized spacial score (nSPS) is 17.5. The molecule has 0 amide bonds. The Morgan fingerprint density at radius 3 is 2.70 bits per heavy atom. The first-order valence-corrected chi connectivity index (χ1v) is 10.5. The van der Waals surface area contributed by atoms with Crippen molar-refractivity contribution in [1.29, 1.82) is 0 Å². The number of carbonyl (C=O) groups is 1. The maximum absolute atomic E-state index is 14.3. The summed E-state index contributed by atoms with van der Waals surface area (Å²) >= 11 is 0. The van der Waals surface area contributed by atoms with Crippen LogP contribution in [-0.2, 0) is 11.2 Å². The lowest BCUT2D eigenvalue weighted by molar-refractivity contribution is -0.0979. The Bertz CT molecular complexity index is 1070. The molecule has 2 aliphatic rings. The summed E-state index contributed by atoms with van der Waals surface area (Å²) in [5, 5.41) is 3.31. The fourth-order valence-corrected chi connectivity index (χ4v) is 3.50. The molecule has 172 valence electrons. The molecule has 1 aliphatic heterocycles. The van der Waals surface area contributed by atoms with Crippen molar-refractivity contribution in [3.63, 3.8) is 0 Å². The van der Waals surface area contributed by atoms with E-state index in [4.69, 9.17) is 10.5 Å². The van der Waals surface area contributed by atoms with Crippen molar-refractivity contribution in [2.24, 2.45) is 16.6 Å². The average Bonchev–Trinajstić information content (AvgIpc) is 2.87. The van der Waals surface area contributed by atoms with Gasteiger partial charge in [-0.25, -0.2) is 9.37 Å². The zero-order valence-corrected chi connectivity index (χ0v) is 18.7. The summed E-state index contributed by atoms with van der Waals surface area (Å²) in [4.78, 5) is 17.1. The number of dihydropyridines is 1. The molecule has 7 heteroatoms. The molecular weight excluding hydrogens is 417 g/mol. The molecule has 0 saturated heterocycles. The van der Waals surface area contributed by atoms with Crippen molar-refractivity contribution in [1.82, 2.24) is 4.98 Å². The van der Waals surface area contributed by atoms with E-state index in [1.165, 1.54) is 13.1 Å². The van der Waals surface area contributed by atoms with Gasteiger partial charge in [-0.1, -0.05) is 42.5 Å². The number of carbonyl (C=O) groups excluding carboxylic acids is 1. The van der Waals surface area contributed by atoms with Crippen LogP contribution < -0.4 is 16.8 Å². The lowest BCUT2D eigenvalue weighted by atomic mass is 9.90. The van der Waals surface area contributed by atoms with Gasteiger partial charge in [0.25, 0.3) is 0 Å². The summed E-state index contributed by atoms with van der Waals surface area (Å²) in [5.74, 6) is 0.619. The first-order chi connectivity index (χ1) is 16.1. The molecule has 5 N–H and O–H groups in total. The second-order valence-electron chi connectivity index (χ2n) is 7.14. The minimum Gasteiger partial charge on any atom is -0.396 e. The largest absolute Gasteiger partial charge is 0.396 e. The van der Waals surface area contributed by atoms with Crippen molar-refractivity contribution in [3.8, 4) is 11.3 Å². The number of hydrogen-bond donors (Lipinski definition) is 3. The Morgan fingerprint density at radius 1 is 1.18 bits per heavy atom. The van der Waals surface area contributed by atoms with E-state index in [2.05, 4.69) is 51.9 Å². The Kier molecular flexibility index (Phi) is 9.92. The van der Waals surface area contributed by atoms with E-state index in [0.29, 0.717) is 41.3 Å². The second-order valence-corrected chi connectivity index (χ2v) is 7.14. The molecule has 1 aromatic heterocycles. The maximum atomic E-state index is 14.3. The van der Waals surface area contributed by atoms with Gasteiger partial charge in [-0.15, -0.1) is 6.58 Å². The van der Waals surface area contributed by atoms with Gasteiger partial charge in [0.05, 0.1) is 17.4 Å². The molecule has 0 radical (unpaired) electrons. The highest BCUT2D eigenvalue weighted by Crippen LogP contribution is 2.27. The van der Waals surface area contributed by atoms with E-state index in [1.54, 1.807) is 24.3 Å². The topological polar surface area (TPSA) is 106 Å². The zero-order valence-electron chi connectivity index (χ0n) is 18.7. The van der Waals surface area contributed by atoms with Crippen molar-refractivity contribution in [3.05, 3.63) is 90.3 Å². The highest BCUT2D eigenvalue weighted by atomic mass is 19.1. The van der Waals surface area contributed by atoms with Gasteiger partial charge < -0.3 is 21.6 Å². The van der Waals surface area contributed by atoms with Gasteiger partial charge in [0.1, 0.15) is 18.4 Å². The summed E-state index contributed by atoms with van der Waals surface area (Å²) in [6.45, 7) is 6.26. The Labute approximate surface area is 194 Å². The third-order valence-electron chi connectivity index (χ3n) is 5.09. The Balaban J connectivity index is 0.000000914. The summed E-state index contributed by atoms with van der Waals surface area (Å²) < 4.78 is 14.3. The second kappa shape index (κ2) is 12.9. The van der Waals surface area contributed by atoms with Crippen LogP contribution in [0.4, 0.5) is 15.9 Å². The standard InChI is InChI=1S/C24H23FN4.CH5N.CH2O/c1-2-4-17-7-8-19(14-20(17)25)23-11-9-21(26)24(29-23)28-15-16-6-10-22-18(13-16)5-3-12-27-22;2*1-2/h2-3,5-14,18,22H,1,4,15,26H2,(H,28,29);2H2,1H3;1H2. The van der Waals surface area contributed by atoms with Crippen molar-refractivity contribution in [2.45, 2.75) is 12.5 Å². The molecule has 0 saturated carbocycles. The molecule has 33 heavy (non-hydrogen) atoms. The van der Waals surface area contributed by atoms with Gasteiger partial charge in [-0.3, -0.25) is 4.99 Å². The number of anilines is 2. The molecule has 2 aromatic rings. The van der Waals surface area contributed by atoms with Gasteiger partial charge >= 0.3 is 0 Å². The highest BCUT2D eigenvalue weighted by Gasteiger charge is 2.19. The summed E-state index contributed by atoms with van der Waals surface area (Å²) in [6.07, 6.45) is 14.6. The summed E-state index contributed by atoms with van der Waals surface area (Å²) in [7, 11) is 1.50. The molecule has 1 aromatic carbocycles. The van der Waals surface area contributed by atoms with Crippen LogP contribution in [0, 0.1) is 11.7 Å². The highest BCUT2D eigenvalue weighted by molar-refractivity contribution is 5.73. The minimum absolute atomic E-state index is 0.189. The molecule has 6 nitrogen and oxygen atoms in total. The van der Waals surface area contributed by atoms with Crippen molar-refractivity contribution >= 4 is 24.5 Å². The van der Waals surface area contributed by atoms with Crippen LogP contribution >= 0.6 is 0 Å². The summed E-state index contributed by atoms with van der Waals surface area (Å²) in [6, 6.07) is 8.92. The zero-order chi connectivity index (χ0) is 24.2. The lowest BCUT2D eigenvalue weighted by Crippen LogP contribution is -2.20. The number of nitrogens with two attached hydrogens (primary N) is 2. The van der Waals surface area contributed by atoms with Gasteiger partial charge in [0.2, 0.25) is 0 Å². The maximum Gasteiger partial charge on any atom is 0.150 e. The number of allylic oxidation sites excluding steroid dienone is 2. The van der Waals surface area contributed by atoms with E-state index in [-0.39, 0.29) is 17.8 Å². The third-order valence-corrected chi connectivity index (χ3v) is 5.09. The lowest BCUT2D eigenvalue weighted by Gasteiger charge is -2.22. The van der Waals surface area contributed by atoms with Crippen LogP contribution in [0.1, 0.15) is 5.56 Å². The smallest absolute Gasteiger partial charge is 0.150 e. The average molecular weight is 448 g/mol. The molecule has 1 aliphatic carbocycles. The molecule has 0 bridgehead atoms. The van der Waals surface area contributed by atoms with E-state index in [1.807, 2.05) is 25.1 Å². The predicted octanol–water partition coefficient (Wildman–Crippen LogP) is 4.12. The van der Waals surface area contributed by atoms with Gasteiger partial charge in [-0.05, 0) is 48.9 Å². The molecule has 2 atom stereocenters. The number of fused-ring (bicyclic) bond motifs is 1. The molecule has 2 unspecified atom stereocenters. The van der Waals surface area contributed by atoms with Crippen LogP contribution in [0.2, 0.25) is 0 Å². The van der Waals surface area contributed by atoms with Crippen LogP contribution in [0.25, 0.3) is 11.3 Å². The Hall–Kier alpha value is -3.84. The van der Waals surface area contributed by atoms with E-state index in [0.717, 1.165) is 5.57 Å². The predicted molar refractivity (Wildman–Crippen MR) is 136 cm³/mol. The molecule has 0 spiro atoms. The SMILES string of the molecule is C=CCc1ccc(-c2ccc(N)c(NCC3=CC4C=CC=NC4C=C3)n2)cc1F.C=O.CN. The molecule has 0 fully saturated rings. The fourth-order valence-electron chi connectivity index (χ4n) is 3.50. The number of hydrogen-bond acceptors (Lipinski definition) is 6. The van der Waals surface area contributed by atoms with E-state index in [9.17, 15) is 4.39 Å². The number of benzene rings is 1. The first kappa shape index (κ1) is 25.4. The van der Waals surface area contributed by atoms with Gasteiger partial charge in [0, 0.05) is 24.2 Å². The number of pyridine rings is 1. The molecule has 4 rings (SSSR count). The van der Waals surface area contributed by atoms with Crippen LogP contribution in [-0.4, -0.2) is 37.6 Å². The van der Waals surface area contributed by atoms with Crippen LogP contribution in [0.5, 0.6) is 0 Å². The van der Waals surface area contributed by atoms with Gasteiger partial charge in [0.15, 0.2) is 0 Å². The van der Waals surface area contributed by atoms with Crippen LogP contribution in [0.3, 0.4) is 0 Å².